The normalized spacial score (nSPS) is 14.1. The molecule has 3 heteroatoms. The largest absolute Gasteiger partial charge is 0.388 e. The second-order valence-corrected chi connectivity index (χ2v) is 4.18. The third kappa shape index (κ3) is 2.29. The van der Waals surface area contributed by atoms with Crippen molar-refractivity contribution in [2.75, 3.05) is 0 Å². The fourth-order valence-corrected chi connectivity index (χ4v) is 1.22. The van der Waals surface area contributed by atoms with Crippen LogP contribution in [0.5, 0.6) is 0 Å². The van der Waals surface area contributed by atoms with Crippen molar-refractivity contribution >= 4 is 0 Å². The molecular formula is C11H16FNO. The maximum Gasteiger partial charge on any atom is 0.141 e. The SMILES string of the molecule is CCC(C)(C)C(O)c1cncc(F)c1. The highest BCUT2D eigenvalue weighted by Crippen LogP contribution is 2.35. The van der Waals surface area contributed by atoms with Crippen LogP contribution in [0, 0.1) is 11.2 Å². The molecule has 2 nitrogen and oxygen atoms in total. The van der Waals surface area contributed by atoms with E-state index < -0.39 is 11.9 Å². The second kappa shape index (κ2) is 4.05. The van der Waals surface area contributed by atoms with E-state index in [1.54, 1.807) is 0 Å². The zero-order valence-electron chi connectivity index (χ0n) is 8.79. The number of hydrogen-bond acceptors (Lipinski definition) is 2. The first-order valence-corrected chi connectivity index (χ1v) is 4.76. The minimum absolute atomic E-state index is 0.254. The number of aliphatic hydroxyl groups excluding tert-OH is 1. The van der Waals surface area contributed by atoms with E-state index in [0.717, 1.165) is 12.6 Å². The molecule has 78 valence electrons. The molecule has 0 radical (unpaired) electrons. The van der Waals surface area contributed by atoms with Crippen LogP contribution in [0.15, 0.2) is 18.5 Å². The molecule has 0 saturated heterocycles. The van der Waals surface area contributed by atoms with Crippen LogP contribution < -0.4 is 0 Å². The van der Waals surface area contributed by atoms with Crippen LogP contribution >= 0.6 is 0 Å². The number of aromatic nitrogens is 1. The van der Waals surface area contributed by atoms with Gasteiger partial charge >= 0.3 is 0 Å². The molecule has 1 N–H and O–H groups in total. The Labute approximate surface area is 83.8 Å². The molecule has 0 aliphatic heterocycles. The van der Waals surface area contributed by atoms with Gasteiger partial charge in [0.05, 0.1) is 12.3 Å². The van der Waals surface area contributed by atoms with Gasteiger partial charge in [-0.15, -0.1) is 0 Å². The maximum absolute atomic E-state index is 12.8. The summed E-state index contributed by atoms with van der Waals surface area (Å²) in [5.74, 6) is -0.409. The van der Waals surface area contributed by atoms with E-state index in [-0.39, 0.29) is 5.41 Å². The summed E-state index contributed by atoms with van der Waals surface area (Å²) in [6.45, 7) is 5.89. The van der Waals surface area contributed by atoms with Gasteiger partial charge in [-0.3, -0.25) is 4.98 Å². The Morgan fingerprint density at radius 1 is 1.50 bits per heavy atom. The predicted octanol–water partition coefficient (Wildman–Crippen LogP) is 2.69. The zero-order valence-corrected chi connectivity index (χ0v) is 8.79. The quantitative estimate of drug-likeness (QED) is 0.808. The Morgan fingerprint density at radius 3 is 2.64 bits per heavy atom. The van der Waals surface area contributed by atoms with E-state index >= 15 is 0 Å². The topological polar surface area (TPSA) is 33.1 Å². The number of pyridine rings is 1. The first-order valence-electron chi connectivity index (χ1n) is 4.76. The van der Waals surface area contributed by atoms with Crippen LogP contribution in [0.1, 0.15) is 38.9 Å². The van der Waals surface area contributed by atoms with Gasteiger partial charge in [-0.2, -0.15) is 0 Å². The zero-order chi connectivity index (χ0) is 10.8. The summed E-state index contributed by atoms with van der Waals surface area (Å²) in [4.78, 5) is 3.72. The van der Waals surface area contributed by atoms with E-state index in [0.29, 0.717) is 5.56 Å². The number of nitrogens with zero attached hydrogens (tertiary/aromatic N) is 1. The fourth-order valence-electron chi connectivity index (χ4n) is 1.22. The Kier molecular flexibility index (Phi) is 3.21. The summed E-state index contributed by atoms with van der Waals surface area (Å²) >= 11 is 0. The molecule has 1 aromatic heterocycles. The molecule has 1 unspecified atom stereocenters. The van der Waals surface area contributed by atoms with Crippen molar-refractivity contribution in [1.29, 1.82) is 0 Å². The average molecular weight is 197 g/mol. The van der Waals surface area contributed by atoms with Crippen LogP contribution in [0.4, 0.5) is 4.39 Å². The maximum atomic E-state index is 12.8. The molecule has 1 rings (SSSR count). The molecule has 0 aromatic carbocycles. The summed E-state index contributed by atoms with van der Waals surface area (Å²) in [5.41, 5.74) is 0.284. The van der Waals surface area contributed by atoms with Crippen molar-refractivity contribution in [1.82, 2.24) is 4.98 Å². The molecule has 1 atom stereocenters. The van der Waals surface area contributed by atoms with Crippen molar-refractivity contribution in [2.24, 2.45) is 5.41 Å². The predicted molar refractivity (Wildman–Crippen MR) is 53.2 cm³/mol. The number of aliphatic hydroxyl groups is 1. The van der Waals surface area contributed by atoms with Gasteiger partial charge in [-0.05, 0) is 17.9 Å². The van der Waals surface area contributed by atoms with E-state index in [1.807, 2.05) is 20.8 Å². The van der Waals surface area contributed by atoms with Crippen LogP contribution in [0.3, 0.4) is 0 Å². The molecular weight excluding hydrogens is 181 g/mol. The van der Waals surface area contributed by atoms with Crippen molar-refractivity contribution < 1.29 is 9.50 Å². The van der Waals surface area contributed by atoms with Crippen molar-refractivity contribution in [3.63, 3.8) is 0 Å². The van der Waals surface area contributed by atoms with Gasteiger partial charge < -0.3 is 5.11 Å². The Balaban J connectivity index is 2.94. The minimum Gasteiger partial charge on any atom is -0.388 e. The molecule has 0 bridgehead atoms. The Bertz CT molecular complexity index is 312. The summed E-state index contributed by atoms with van der Waals surface area (Å²) in [7, 11) is 0. The minimum atomic E-state index is -0.671. The van der Waals surface area contributed by atoms with Crippen LogP contribution in [0.2, 0.25) is 0 Å². The highest BCUT2D eigenvalue weighted by molar-refractivity contribution is 5.15. The number of rotatable bonds is 3. The highest BCUT2D eigenvalue weighted by atomic mass is 19.1. The number of hydrogen-bond donors (Lipinski definition) is 1. The lowest BCUT2D eigenvalue weighted by Gasteiger charge is -2.29. The van der Waals surface area contributed by atoms with E-state index in [4.69, 9.17) is 0 Å². The lowest BCUT2D eigenvalue weighted by Crippen LogP contribution is -2.21. The molecule has 0 aliphatic carbocycles. The van der Waals surface area contributed by atoms with E-state index in [1.165, 1.54) is 12.3 Å². The first-order chi connectivity index (χ1) is 6.47. The molecule has 0 amide bonds. The van der Waals surface area contributed by atoms with Gasteiger partial charge in [0, 0.05) is 11.8 Å². The molecule has 0 fully saturated rings. The van der Waals surface area contributed by atoms with Gasteiger partial charge in [0.25, 0.3) is 0 Å². The van der Waals surface area contributed by atoms with Gasteiger partial charge in [-0.25, -0.2) is 4.39 Å². The standard InChI is InChI=1S/C11H16FNO/c1-4-11(2,3)10(14)8-5-9(12)7-13-6-8/h5-7,10,14H,4H2,1-3H3. The Hall–Kier alpha value is -0.960. The van der Waals surface area contributed by atoms with Gasteiger partial charge in [0.1, 0.15) is 5.82 Å². The van der Waals surface area contributed by atoms with Crippen LogP contribution in [-0.4, -0.2) is 10.1 Å². The molecule has 0 saturated carbocycles. The van der Waals surface area contributed by atoms with E-state index in [9.17, 15) is 9.50 Å². The third-order valence-corrected chi connectivity index (χ3v) is 2.69. The smallest absolute Gasteiger partial charge is 0.141 e. The molecule has 0 aliphatic rings. The molecule has 14 heavy (non-hydrogen) atoms. The third-order valence-electron chi connectivity index (χ3n) is 2.69. The monoisotopic (exact) mass is 197 g/mol. The summed E-state index contributed by atoms with van der Waals surface area (Å²) in [6, 6.07) is 1.33. The summed E-state index contributed by atoms with van der Waals surface area (Å²) in [6.07, 6.45) is 2.79. The first kappa shape index (κ1) is 11.1. The van der Waals surface area contributed by atoms with Gasteiger partial charge in [0.15, 0.2) is 0 Å². The molecule has 0 spiro atoms. The fraction of sp³-hybridized carbons (Fsp3) is 0.545. The van der Waals surface area contributed by atoms with Gasteiger partial charge in [-0.1, -0.05) is 20.8 Å². The molecule has 1 aromatic rings. The van der Waals surface area contributed by atoms with Crippen molar-refractivity contribution in [3.8, 4) is 0 Å². The number of halogens is 1. The lowest BCUT2D eigenvalue weighted by atomic mass is 9.81. The van der Waals surface area contributed by atoms with E-state index in [2.05, 4.69) is 4.98 Å². The van der Waals surface area contributed by atoms with Crippen LogP contribution in [0.25, 0.3) is 0 Å². The lowest BCUT2D eigenvalue weighted by molar-refractivity contribution is 0.0460. The Morgan fingerprint density at radius 2 is 2.14 bits per heavy atom. The van der Waals surface area contributed by atoms with Crippen molar-refractivity contribution in [3.05, 3.63) is 29.8 Å². The molecule has 1 heterocycles. The average Bonchev–Trinajstić information content (AvgIpc) is 2.16. The summed E-state index contributed by atoms with van der Waals surface area (Å²) in [5, 5.41) is 9.97. The highest BCUT2D eigenvalue weighted by Gasteiger charge is 2.27. The second-order valence-electron chi connectivity index (χ2n) is 4.18. The van der Waals surface area contributed by atoms with Crippen molar-refractivity contribution in [2.45, 2.75) is 33.3 Å². The summed E-state index contributed by atoms with van der Waals surface area (Å²) < 4.78 is 12.8. The van der Waals surface area contributed by atoms with Gasteiger partial charge in [0.2, 0.25) is 0 Å². The van der Waals surface area contributed by atoms with Crippen LogP contribution in [-0.2, 0) is 0 Å².